The van der Waals surface area contributed by atoms with Crippen LogP contribution >= 0.6 is 0 Å². The number of nitrogens with zero attached hydrogens (tertiary/aromatic N) is 1. The summed E-state index contributed by atoms with van der Waals surface area (Å²) in [4.78, 5) is 2.77. The molecule has 0 radical (unpaired) electrons. The molecule has 0 aromatic carbocycles. The van der Waals surface area contributed by atoms with Gasteiger partial charge in [-0.2, -0.15) is 0 Å². The smallest absolute Gasteiger partial charge is 0.00792 e. The van der Waals surface area contributed by atoms with Crippen molar-refractivity contribution in [2.75, 3.05) is 26.2 Å². The zero-order chi connectivity index (χ0) is 11.5. The third kappa shape index (κ3) is 3.23. The second-order valence-electron chi connectivity index (χ2n) is 6.59. The van der Waals surface area contributed by atoms with E-state index < -0.39 is 0 Å². The molecular weight excluding hydrogens is 208 g/mol. The molecule has 3 unspecified atom stereocenters. The molecule has 3 atom stereocenters. The van der Waals surface area contributed by atoms with Crippen molar-refractivity contribution in [3.05, 3.63) is 0 Å². The SMILES string of the molecule is C1CCC(CCN2CC3CCCC(C3)C2)NC1. The molecule has 0 amide bonds. The molecule has 2 saturated heterocycles. The maximum atomic E-state index is 3.68. The van der Waals surface area contributed by atoms with Crippen molar-refractivity contribution in [3.8, 4) is 0 Å². The highest BCUT2D eigenvalue weighted by Gasteiger charge is 2.30. The maximum Gasteiger partial charge on any atom is 0.00792 e. The summed E-state index contributed by atoms with van der Waals surface area (Å²) in [7, 11) is 0. The van der Waals surface area contributed by atoms with Gasteiger partial charge in [0.1, 0.15) is 0 Å². The number of nitrogens with one attached hydrogen (secondary N) is 1. The summed E-state index contributed by atoms with van der Waals surface area (Å²) in [5.74, 6) is 2.09. The van der Waals surface area contributed by atoms with E-state index >= 15 is 0 Å². The quantitative estimate of drug-likeness (QED) is 0.810. The van der Waals surface area contributed by atoms with Gasteiger partial charge in [-0.3, -0.25) is 0 Å². The number of rotatable bonds is 3. The lowest BCUT2D eigenvalue weighted by Gasteiger charge is -2.42. The monoisotopic (exact) mass is 236 g/mol. The third-order valence-corrected chi connectivity index (χ3v) is 5.13. The Hall–Kier alpha value is -0.0800. The van der Waals surface area contributed by atoms with Gasteiger partial charge in [-0.15, -0.1) is 0 Å². The number of fused-ring (bicyclic) bond motifs is 2. The van der Waals surface area contributed by atoms with Gasteiger partial charge < -0.3 is 10.2 Å². The van der Waals surface area contributed by atoms with Crippen LogP contribution in [0.3, 0.4) is 0 Å². The molecule has 3 aliphatic rings. The Kier molecular flexibility index (Phi) is 4.02. The Morgan fingerprint density at radius 3 is 2.47 bits per heavy atom. The molecule has 0 aromatic heterocycles. The van der Waals surface area contributed by atoms with Gasteiger partial charge >= 0.3 is 0 Å². The van der Waals surface area contributed by atoms with Crippen molar-refractivity contribution in [1.29, 1.82) is 0 Å². The van der Waals surface area contributed by atoms with Crippen LogP contribution in [0.5, 0.6) is 0 Å². The molecule has 2 aliphatic heterocycles. The van der Waals surface area contributed by atoms with Crippen molar-refractivity contribution in [3.63, 3.8) is 0 Å². The fraction of sp³-hybridized carbons (Fsp3) is 1.00. The van der Waals surface area contributed by atoms with Gasteiger partial charge in [0.05, 0.1) is 0 Å². The minimum atomic E-state index is 0.825. The van der Waals surface area contributed by atoms with Gasteiger partial charge in [0.2, 0.25) is 0 Å². The molecule has 98 valence electrons. The lowest BCUT2D eigenvalue weighted by atomic mass is 9.78. The highest BCUT2D eigenvalue weighted by Crippen LogP contribution is 2.34. The van der Waals surface area contributed by atoms with E-state index in [2.05, 4.69) is 10.2 Å². The Morgan fingerprint density at radius 2 is 1.76 bits per heavy atom. The van der Waals surface area contributed by atoms with Crippen LogP contribution in [-0.2, 0) is 0 Å². The zero-order valence-electron chi connectivity index (χ0n) is 11.2. The Bertz CT molecular complexity index is 223. The van der Waals surface area contributed by atoms with E-state index in [0.29, 0.717) is 0 Å². The van der Waals surface area contributed by atoms with E-state index in [9.17, 15) is 0 Å². The van der Waals surface area contributed by atoms with E-state index in [0.717, 1.165) is 17.9 Å². The number of hydrogen-bond acceptors (Lipinski definition) is 2. The summed E-state index contributed by atoms with van der Waals surface area (Å²) in [6.45, 7) is 5.42. The first-order valence-corrected chi connectivity index (χ1v) is 7.86. The fourth-order valence-corrected chi connectivity index (χ4v) is 4.23. The molecular formula is C15H28N2. The summed E-state index contributed by atoms with van der Waals surface area (Å²) in [5.41, 5.74) is 0. The van der Waals surface area contributed by atoms with Gasteiger partial charge in [0.25, 0.3) is 0 Å². The van der Waals surface area contributed by atoms with Crippen LogP contribution in [0.2, 0.25) is 0 Å². The molecule has 2 heterocycles. The van der Waals surface area contributed by atoms with E-state index in [1.165, 1.54) is 77.5 Å². The van der Waals surface area contributed by atoms with Crippen molar-refractivity contribution in [1.82, 2.24) is 10.2 Å². The number of hydrogen-bond donors (Lipinski definition) is 1. The first-order valence-electron chi connectivity index (χ1n) is 7.86. The minimum absolute atomic E-state index is 0.825. The van der Waals surface area contributed by atoms with Gasteiger partial charge in [-0.1, -0.05) is 12.8 Å². The number of likely N-dealkylation sites (tertiary alicyclic amines) is 1. The molecule has 17 heavy (non-hydrogen) atoms. The van der Waals surface area contributed by atoms with Crippen LogP contribution in [-0.4, -0.2) is 37.1 Å². The van der Waals surface area contributed by atoms with Crippen LogP contribution in [0.15, 0.2) is 0 Å². The van der Waals surface area contributed by atoms with Crippen molar-refractivity contribution in [2.24, 2.45) is 11.8 Å². The van der Waals surface area contributed by atoms with Crippen LogP contribution in [0.1, 0.15) is 51.4 Å². The van der Waals surface area contributed by atoms with Crippen LogP contribution in [0.25, 0.3) is 0 Å². The summed E-state index contributed by atoms with van der Waals surface area (Å²) in [6.07, 6.45) is 11.7. The molecule has 2 nitrogen and oxygen atoms in total. The summed E-state index contributed by atoms with van der Waals surface area (Å²) in [6, 6.07) is 0.825. The highest BCUT2D eigenvalue weighted by molar-refractivity contribution is 4.84. The number of piperidine rings is 2. The topological polar surface area (TPSA) is 15.3 Å². The second-order valence-corrected chi connectivity index (χ2v) is 6.59. The molecule has 0 spiro atoms. The van der Waals surface area contributed by atoms with Crippen molar-refractivity contribution in [2.45, 2.75) is 57.4 Å². The average Bonchev–Trinajstić information content (AvgIpc) is 2.37. The predicted molar refractivity (Wildman–Crippen MR) is 72.1 cm³/mol. The Labute approximate surface area is 106 Å². The molecule has 3 fully saturated rings. The van der Waals surface area contributed by atoms with E-state index in [-0.39, 0.29) is 0 Å². The second kappa shape index (κ2) is 5.71. The maximum absolute atomic E-state index is 3.68. The first kappa shape index (κ1) is 12.0. The van der Waals surface area contributed by atoms with E-state index in [4.69, 9.17) is 0 Å². The zero-order valence-corrected chi connectivity index (χ0v) is 11.2. The largest absolute Gasteiger partial charge is 0.314 e. The third-order valence-electron chi connectivity index (χ3n) is 5.13. The molecule has 1 saturated carbocycles. The Balaban J connectivity index is 1.42. The van der Waals surface area contributed by atoms with E-state index in [1.807, 2.05) is 0 Å². The minimum Gasteiger partial charge on any atom is -0.314 e. The first-order chi connectivity index (χ1) is 8.40. The van der Waals surface area contributed by atoms with E-state index in [1.54, 1.807) is 0 Å². The standard InChI is InChI=1S/C15H28N2/c1-2-8-16-15(6-1)7-9-17-11-13-4-3-5-14(10-13)12-17/h13-16H,1-12H2. The summed E-state index contributed by atoms with van der Waals surface area (Å²) >= 11 is 0. The lowest BCUT2D eigenvalue weighted by Crippen LogP contribution is -2.45. The van der Waals surface area contributed by atoms with Crippen LogP contribution in [0, 0.1) is 11.8 Å². The predicted octanol–water partition coefficient (Wildman–Crippen LogP) is 2.64. The van der Waals surface area contributed by atoms with Gasteiger partial charge in [-0.05, 0) is 63.5 Å². The van der Waals surface area contributed by atoms with Crippen LogP contribution < -0.4 is 5.32 Å². The van der Waals surface area contributed by atoms with Gasteiger partial charge in [0, 0.05) is 19.1 Å². The van der Waals surface area contributed by atoms with Crippen molar-refractivity contribution < 1.29 is 0 Å². The Morgan fingerprint density at radius 1 is 0.941 bits per heavy atom. The molecule has 0 aromatic rings. The molecule has 2 bridgehead atoms. The van der Waals surface area contributed by atoms with Gasteiger partial charge in [0.15, 0.2) is 0 Å². The lowest BCUT2D eigenvalue weighted by molar-refractivity contribution is 0.0821. The molecule has 1 N–H and O–H groups in total. The fourth-order valence-electron chi connectivity index (χ4n) is 4.23. The summed E-state index contributed by atoms with van der Waals surface area (Å²) < 4.78 is 0. The molecule has 1 aliphatic carbocycles. The van der Waals surface area contributed by atoms with Gasteiger partial charge in [-0.25, -0.2) is 0 Å². The summed E-state index contributed by atoms with van der Waals surface area (Å²) in [5, 5.41) is 3.68. The van der Waals surface area contributed by atoms with Crippen LogP contribution in [0.4, 0.5) is 0 Å². The molecule has 2 heteroatoms. The average molecular weight is 236 g/mol. The highest BCUT2D eigenvalue weighted by atomic mass is 15.1. The normalized spacial score (nSPS) is 39.2. The van der Waals surface area contributed by atoms with Crippen molar-refractivity contribution >= 4 is 0 Å². The molecule has 3 rings (SSSR count).